The van der Waals surface area contributed by atoms with Crippen LogP contribution in [-0.4, -0.2) is 66.1 Å². The summed E-state index contributed by atoms with van der Waals surface area (Å²) in [6, 6.07) is 12.8. The van der Waals surface area contributed by atoms with Gasteiger partial charge in [-0.25, -0.2) is 14.4 Å². The van der Waals surface area contributed by atoms with E-state index >= 15 is 0 Å². The molecule has 2 N–H and O–H groups in total. The predicted molar refractivity (Wildman–Crippen MR) is 148 cm³/mol. The second kappa shape index (κ2) is 9.63. The van der Waals surface area contributed by atoms with E-state index in [1.165, 1.54) is 25.0 Å². The fourth-order valence-corrected chi connectivity index (χ4v) is 5.31. The van der Waals surface area contributed by atoms with Crippen LogP contribution in [0.25, 0.3) is 55.8 Å². The Morgan fingerprint density at radius 1 is 1.03 bits per heavy atom. The summed E-state index contributed by atoms with van der Waals surface area (Å²) < 4.78 is 22.4. The van der Waals surface area contributed by atoms with Crippen LogP contribution in [0.15, 0.2) is 61.1 Å². The highest BCUT2D eigenvalue weighted by Crippen LogP contribution is 2.34. The first-order valence-electron chi connectivity index (χ1n) is 13.1. The molecule has 4 aromatic heterocycles. The minimum absolute atomic E-state index is 0.352. The molecule has 0 atom stereocenters. The van der Waals surface area contributed by atoms with E-state index < -0.39 is 0 Å². The van der Waals surface area contributed by atoms with E-state index in [2.05, 4.69) is 36.2 Å². The summed E-state index contributed by atoms with van der Waals surface area (Å²) in [6.07, 6.45) is 7.95. The van der Waals surface area contributed by atoms with Crippen molar-refractivity contribution < 1.29 is 9.13 Å². The zero-order chi connectivity index (χ0) is 26.3. The van der Waals surface area contributed by atoms with Gasteiger partial charge in [0.2, 0.25) is 0 Å². The number of aryl methyl sites for hydroxylation is 1. The highest BCUT2D eigenvalue weighted by atomic mass is 19.1. The maximum atomic E-state index is 14.7. The molecule has 9 nitrogen and oxygen atoms in total. The molecule has 1 aliphatic rings. The van der Waals surface area contributed by atoms with Crippen molar-refractivity contribution in [3.05, 3.63) is 66.9 Å². The van der Waals surface area contributed by atoms with Gasteiger partial charge in [0.05, 0.1) is 17.2 Å². The third-order valence-electron chi connectivity index (χ3n) is 7.27. The number of halogens is 1. The summed E-state index contributed by atoms with van der Waals surface area (Å²) in [5.41, 5.74) is 6.36. The smallest absolute Gasteiger partial charge is 0.178 e. The molecule has 1 aliphatic heterocycles. The van der Waals surface area contributed by atoms with E-state index in [9.17, 15) is 4.39 Å². The van der Waals surface area contributed by atoms with Crippen molar-refractivity contribution in [2.45, 2.75) is 12.8 Å². The number of rotatable bonds is 7. The molecular weight excluding hydrogens is 495 g/mol. The molecule has 0 saturated carbocycles. The van der Waals surface area contributed by atoms with Crippen LogP contribution < -0.4 is 4.74 Å². The van der Waals surface area contributed by atoms with Gasteiger partial charge < -0.3 is 9.72 Å². The average molecular weight is 523 g/mol. The molecule has 2 aromatic carbocycles. The number of fused-ring (bicyclic) bond motifs is 2. The molecule has 0 bridgehead atoms. The van der Waals surface area contributed by atoms with Gasteiger partial charge in [-0.2, -0.15) is 10.2 Å². The van der Waals surface area contributed by atoms with Crippen molar-refractivity contribution in [1.29, 1.82) is 0 Å². The standard InChI is InChI=1S/C29H27FN8O/c1-37-17-20(16-32-37)18-4-5-25-24(14-18)27(36-35-25)29-33-26-23(6-7-31-28(26)34-29)19-12-21(30)15-22(13-19)39-11-10-38-8-2-3-9-38/h4-7,12-17H,2-3,8-11H2,1H3,(H,35,36)(H,31,33,34). The molecule has 0 amide bonds. The number of nitrogens with one attached hydrogen (secondary N) is 2. The largest absolute Gasteiger partial charge is 0.492 e. The third-order valence-corrected chi connectivity index (χ3v) is 7.27. The lowest BCUT2D eigenvalue weighted by atomic mass is 10.1. The lowest BCUT2D eigenvalue weighted by molar-refractivity contribution is 0.237. The number of aromatic amines is 2. The number of ether oxygens (including phenoxy) is 1. The Morgan fingerprint density at radius 3 is 2.77 bits per heavy atom. The Kier molecular flexibility index (Phi) is 5.81. The maximum absolute atomic E-state index is 14.7. The third kappa shape index (κ3) is 4.52. The zero-order valence-electron chi connectivity index (χ0n) is 21.5. The Hall–Kier alpha value is -4.57. The first kappa shape index (κ1) is 23.5. The van der Waals surface area contributed by atoms with Crippen molar-refractivity contribution in [3.63, 3.8) is 0 Å². The number of H-pyrrole nitrogens is 2. The molecule has 0 radical (unpaired) electrons. The molecule has 1 fully saturated rings. The highest BCUT2D eigenvalue weighted by molar-refractivity contribution is 5.97. The molecule has 0 aliphatic carbocycles. The van der Waals surface area contributed by atoms with Crippen molar-refractivity contribution in [2.24, 2.45) is 7.05 Å². The summed E-state index contributed by atoms with van der Waals surface area (Å²) in [4.78, 5) is 15.0. The maximum Gasteiger partial charge on any atom is 0.178 e. The first-order valence-corrected chi connectivity index (χ1v) is 13.1. The van der Waals surface area contributed by atoms with Gasteiger partial charge in [-0.05, 0) is 67.4 Å². The molecule has 196 valence electrons. The second-order valence-corrected chi connectivity index (χ2v) is 9.95. The van der Waals surface area contributed by atoms with Gasteiger partial charge in [-0.15, -0.1) is 0 Å². The minimum atomic E-state index is -0.352. The molecule has 5 heterocycles. The number of likely N-dealkylation sites (tertiary alicyclic amines) is 1. The quantitative estimate of drug-likeness (QED) is 0.300. The van der Waals surface area contributed by atoms with Gasteiger partial charge >= 0.3 is 0 Å². The van der Waals surface area contributed by atoms with E-state index in [0.29, 0.717) is 40.6 Å². The normalized spacial score (nSPS) is 14.1. The van der Waals surface area contributed by atoms with Crippen LogP contribution in [0.5, 0.6) is 5.75 Å². The zero-order valence-corrected chi connectivity index (χ0v) is 21.5. The van der Waals surface area contributed by atoms with Crippen LogP contribution in [0.1, 0.15) is 12.8 Å². The van der Waals surface area contributed by atoms with Crippen molar-refractivity contribution in [3.8, 4) is 39.5 Å². The number of hydrogen-bond acceptors (Lipinski definition) is 6. The SMILES string of the molecule is Cn1cc(-c2ccc3[nH]nc(-c4nc5nccc(-c6cc(F)cc(OCCN7CCCC7)c6)c5[nH]4)c3c2)cn1. The minimum Gasteiger partial charge on any atom is -0.492 e. The van der Waals surface area contributed by atoms with Crippen LogP contribution in [-0.2, 0) is 7.05 Å². The highest BCUT2D eigenvalue weighted by Gasteiger charge is 2.18. The Bertz CT molecular complexity index is 1800. The molecule has 7 rings (SSSR count). The fraction of sp³-hybridized carbons (Fsp3) is 0.241. The van der Waals surface area contributed by atoms with E-state index in [4.69, 9.17) is 9.72 Å². The second-order valence-electron chi connectivity index (χ2n) is 9.95. The summed E-state index contributed by atoms with van der Waals surface area (Å²) in [6.45, 7) is 3.57. The molecule has 6 aromatic rings. The Morgan fingerprint density at radius 2 is 1.92 bits per heavy atom. The fourth-order valence-electron chi connectivity index (χ4n) is 5.31. The first-order chi connectivity index (χ1) is 19.1. The number of hydrogen-bond donors (Lipinski definition) is 2. The van der Waals surface area contributed by atoms with Crippen LogP contribution in [0.3, 0.4) is 0 Å². The van der Waals surface area contributed by atoms with Crippen LogP contribution in [0.4, 0.5) is 4.39 Å². The summed E-state index contributed by atoms with van der Waals surface area (Å²) >= 11 is 0. The van der Waals surface area contributed by atoms with Crippen molar-refractivity contribution in [1.82, 2.24) is 39.8 Å². The predicted octanol–water partition coefficient (Wildman–Crippen LogP) is 5.18. The van der Waals surface area contributed by atoms with Gasteiger partial charge in [-0.1, -0.05) is 6.07 Å². The van der Waals surface area contributed by atoms with Crippen LogP contribution in [0.2, 0.25) is 0 Å². The monoisotopic (exact) mass is 522 g/mol. The lowest BCUT2D eigenvalue weighted by Crippen LogP contribution is -2.25. The topological polar surface area (TPSA) is 101 Å². The summed E-state index contributed by atoms with van der Waals surface area (Å²) in [5.74, 6) is 0.739. The van der Waals surface area contributed by atoms with Gasteiger partial charge in [0, 0.05) is 48.6 Å². The Balaban J connectivity index is 1.23. The molecule has 0 spiro atoms. The molecule has 39 heavy (non-hydrogen) atoms. The average Bonchev–Trinajstić information content (AvgIpc) is 3.74. The van der Waals surface area contributed by atoms with Gasteiger partial charge in [0.15, 0.2) is 11.5 Å². The number of aromatic nitrogens is 7. The Labute approximate surface area is 223 Å². The molecule has 0 unspecified atom stereocenters. The van der Waals surface area contributed by atoms with Crippen molar-refractivity contribution >= 4 is 22.1 Å². The van der Waals surface area contributed by atoms with E-state index in [1.807, 2.05) is 43.7 Å². The number of imidazole rings is 1. The van der Waals surface area contributed by atoms with Gasteiger partial charge in [0.25, 0.3) is 0 Å². The molecule has 1 saturated heterocycles. The van der Waals surface area contributed by atoms with Crippen molar-refractivity contribution in [2.75, 3.05) is 26.2 Å². The lowest BCUT2D eigenvalue weighted by Gasteiger charge is -2.15. The number of pyridine rings is 1. The summed E-state index contributed by atoms with van der Waals surface area (Å²) in [7, 11) is 1.90. The number of benzene rings is 2. The van der Waals surface area contributed by atoms with Crippen LogP contribution in [0, 0.1) is 5.82 Å². The molecular formula is C29H27FN8O. The van der Waals surface area contributed by atoms with Gasteiger partial charge in [0.1, 0.15) is 23.9 Å². The van der Waals surface area contributed by atoms with E-state index in [-0.39, 0.29) is 5.82 Å². The van der Waals surface area contributed by atoms with Gasteiger partial charge in [-0.3, -0.25) is 14.7 Å². The molecule has 10 heteroatoms. The van der Waals surface area contributed by atoms with E-state index in [0.717, 1.165) is 47.2 Å². The van der Waals surface area contributed by atoms with Crippen LogP contribution >= 0.6 is 0 Å². The number of nitrogens with zero attached hydrogens (tertiary/aromatic N) is 6. The van der Waals surface area contributed by atoms with E-state index in [1.54, 1.807) is 10.9 Å². The summed E-state index contributed by atoms with van der Waals surface area (Å²) in [5, 5.41) is 12.9.